The molecule has 0 bridgehead atoms. The molecule has 1 amide bonds. The number of aromatic nitrogens is 3. The molecule has 0 aliphatic carbocycles. The maximum Gasteiger partial charge on any atom is 0.273 e. The van der Waals surface area contributed by atoms with E-state index in [4.69, 9.17) is 12.2 Å². The van der Waals surface area contributed by atoms with Gasteiger partial charge in [0.2, 0.25) is 5.91 Å². The van der Waals surface area contributed by atoms with Gasteiger partial charge in [0.05, 0.1) is 0 Å². The molecule has 1 aliphatic rings. The average Bonchev–Trinajstić information content (AvgIpc) is 3.12. The summed E-state index contributed by atoms with van der Waals surface area (Å²) in [6.07, 6.45) is 5.21. The summed E-state index contributed by atoms with van der Waals surface area (Å²) < 4.78 is 4.22. The molecule has 8 heteroatoms. The molecule has 6 nitrogen and oxygen atoms in total. The normalized spacial score (nSPS) is 14.6. The van der Waals surface area contributed by atoms with Gasteiger partial charge in [0, 0.05) is 19.6 Å². The van der Waals surface area contributed by atoms with Crippen LogP contribution in [0.3, 0.4) is 0 Å². The molecule has 116 valence electrons. The number of thiazole rings is 1. The van der Waals surface area contributed by atoms with Gasteiger partial charge < -0.3 is 9.47 Å². The second-order valence-corrected chi connectivity index (χ2v) is 6.83. The lowest BCUT2D eigenvalue weighted by atomic mass is 10.4. The Kier molecular flexibility index (Phi) is 4.21. The number of carbonyl (C=O) groups is 1. The highest BCUT2D eigenvalue weighted by molar-refractivity contribution is 7.73. The van der Waals surface area contributed by atoms with Crippen LogP contribution in [-0.2, 0) is 17.9 Å². The first kappa shape index (κ1) is 15.1. The number of carbonyl (C=O) groups excluding carboxylic acids is 1. The number of nitrogens with zero attached hydrogens (tertiary/aromatic N) is 4. The van der Waals surface area contributed by atoms with Gasteiger partial charge in [-0.05, 0) is 25.1 Å². The Morgan fingerprint density at radius 1 is 1.45 bits per heavy atom. The zero-order valence-corrected chi connectivity index (χ0v) is 13.7. The first-order valence-electron chi connectivity index (χ1n) is 7.09. The van der Waals surface area contributed by atoms with E-state index in [1.54, 1.807) is 15.5 Å². The Morgan fingerprint density at radius 2 is 2.18 bits per heavy atom. The highest BCUT2D eigenvalue weighted by atomic mass is 32.1. The minimum atomic E-state index is -0.212. The van der Waals surface area contributed by atoms with Gasteiger partial charge in [-0.25, -0.2) is 4.98 Å². The van der Waals surface area contributed by atoms with Crippen molar-refractivity contribution in [3.63, 3.8) is 0 Å². The molecule has 0 radical (unpaired) electrons. The van der Waals surface area contributed by atoms with E-state index in [0.29, 0.717) is 20.8 Å². The van der Waals surface area contributed by atoms with Crippen LogP contribution in [0.2, 0.25) is 0 Å². The van der Waals surface area contributed by atoms with Crippen molar-refractivity contribution in [3.05, 3.63) is 33.3 Å². The second-order valence-electron chi connectivity index (χ2n) is 5.19. The molecule has 2 aromatic rings. The molecule has 0 unspecified atom stereocenters. The van der Waals surface area contributed by atoms with Crippen LogP contribution in [0.15, 0.2) is 23.8 Å². The summed E-state index contributed by atoms with van der Waals surface area (Å²) in [4.78, 5) is 30.8. The predicted octanol–water partition coefficient (Wildman–Crippen LogP) is 1.80. The molecule has 0 saturated carbocycles. The van der Waals surface area contributed by atoms with Crippen LogP contribution in [0, 0.1) is 3.95 Å². The zero-order valence-electron chi connectivity index (χ0n) is 12.0. The number of amides is 1. The van der Waals surface area contributed by atoms with Gasteiger partial charge in [-0.1, -0.05) is 17.4 Å². The zero-order chi connectivity index (χ0) is 15.7. The fourth-order valence-corrected chi connectivity index (χ4v) is 3.90. The molecule has 22 heavy (non-hydrogen) atoms. The van der Waals surface area contributed by atoms with E-state index in [9.17, 15) is 9.59 Å². The maximum absolute atomic E-state index is 12.5. The summed E-state index contributed by atoms with van der Waals surface area (Å²) in [5.41, 5.74) is 0.348. The molecule has 3 heterocycles. The molecule has 1 saturated heterocycles. The van der Waals surface area contributed by atoms with Crippen molar-refractivity contribution >= 4 is 39.8 Å². The first-order valence-corrected chi connectivity index (χ1v) is 8.31. The SMILES string of the molecule is C=CCn1c(=S)sc2c(=O)n(CC(=O)N3CCCC3)cnc21. The monoisotopic (exact) mass is 336 g/mol. The van der Waals surface area contributed by atoms with Gasteiger partial charge in [0.25, 0.3) is 5.56 Å². The van der Waals surface area contributed by atoms with Crippen LogP contribution in [0.4, 0.5) is 0 Å². The number of hydrogen-bond donors (Lipinski definition) is 0. The lowest BCUT2D eigenvalue weighted by Gasteiger charge is -2.15. The molecule has 0 spiro atoms. The van der Waals surface area contributed by atoms with Crippen LogP contribution in [-0.4, -0.2) is 38.0 Å². The third kappa shape index (κ3) is 2.64. The van der Waals surface area contributed by atoms with Gasteiger partial charge in [-0.3, -0.25) is 14.2 Å². The molecule has 2 aromatic heterocycles. The van der Waals surface area contributed by atoms with E-state index in [1.807, 2.05) is 0 Å². The first-order chi connectivity index (χ1) is 10.6. The van der Waals surface area contributed by atoms with E-state index in [1.165, 1.54) is 22.2 Å². The standard InChI is InChI=1S/C14H16N4O2S2/c1-2-5-18-12-11(22-14(18)21)13(20)17(9-15-12)8-10(19)16-6-3-4-7-16/h2,9H,1,3-8H2. The van der Waals surface area contributed by atoms with Crippen LogP contribution in [0.5, 0.6) is 0 Å². The molecular formula is C14H16N4O2S2. The highest BCUT2D eigenvalue weighted by Crippen LogP contribution is 2.17. The highest BCUT2D eigenvalue weighted by Gasteiger charge is 2.19. The van der Waals surface area contributed by atoms with Crippen molar-refractivity contribution in [2.75, 3.05) is 13.1 Å². The largest absolute Gasteiger partial charge is 0.341 e. The second kappa shape index (κ2) is 6.13. The molecule has 3 rings (SSSR count). The topological polar surface area (TPSA) is 60.1 Å². The summed E-state index contributed by atoms with van der Waals surface area (Å²) in [6.45, 7) is 5.79. The average molecular weight is 336 g/mol. The quantitative estimate of drug-likeness (QED) is 0.631. The Labute approximate surface area is 136 Å². The van der Waals surface area contributed by atoms with Gasteiger partial charge in [0.15, 0.2) is 9.60 Å². The number of hydrogen-bond acceptors (Lipinski definition) is 5. The van der Waals surface area contributed by atoms with Crippen LogP contribution < -0.4 is 5.56 Å². The van der Waals surface area contributed by atoms with Crippen LogP contribution in [0.25, 0.3) is 10.3 Å². The number of likely N-dealkylation sites (tertiary alicyclic amines) is 1. The Balaban J connectivity index is 1.96. The van der Waals surface area contributed by atoms with E-state index in [0.717, 1.165) is 25.9 Å². The van der Waals surface area contributed by atoms with E-state index in [2.05, 4.69) is 11.6 Å². The molecule has 1 fully saturated rings. The summed E-state index contributed by atoms with van der Waals surface area (Å²) in [6, 6.07) is 0. The molecule has 0 atom stereocenters. The van der Waals surface area contributed by atoms with E-state index in [-0.39, 0.29) is 18.0 Å². The van der Waals surface area contributed by atoms with Gasteiger partial charge in [-0.2, -0.15) is 0 Å². The number of allylic oxidation sites excluding steroid dienone is 1. The lowest BCUT2D eigenvalue weighted by molar-refractivity contribution is -0.130. The minimum absolute atomic E-state index is 0.0325. The predicted molar refractivity (Wildman–Crippen MR) is 88.7 cm³/mol. The van der Waals surface area contributed by atoms with E-state index >= 15 is 0 Å². The van der Waals surface area contributed by atoms with E-state index < -0.39 is 0 Å². The van der Waals surface area contributed by atoms with Crippen LogP contribution >= 0.6 is 23.6 Å². The van der Waals surface area contributed by atoms with Gasteiger partial charge in [0.1, 0.15) is 17.6 Å². The molecule has 0 N–H and O–H groups in total. The summed E-state index contributed by atoms with van der Waals surface area (Å²) >= 11 is 6.49. The Hall–Kier alpha value is -1.80. The Bertz CT molecular complexity index is 843. The van der Waals surface area contributed by atoms with Crippen molar-refractivity contribution in [1.82, 2.24) is 19.0 Å². The summed E-state index contributed by atoms with van der Waals surface area (Å²) in [7, 11) is 0. The fourth-order valence-electron chi connectivity index (χ4n) is 2.59. The maximum atomic E-state index is 12.5. The fraction of sp³-hybridized carbons (Fsp3) is 0.429. The third-order valence-electron chi connectivity index (χ3n) is 3.72. The molecular weight excluding hydrogens is 320 g/mol. The minimum Gasteiger partial charge on any atom is -0.341 e. The number of fused-ring (bicyclic) bond motifs is 1. The molecule has 0 aromatic carbocycles. The summed E-state index contributed by atoms with van der Waals surface area (Å²) in [5, 5.41) is 0. The Morgan fingerprint density at radius 3 is 2.86 bits per heavy atom. The van der Waals surface area contributed by atoms with Gasteiger partial charge in [-0.15, -0.1) is 6.58 Å². The molecule has 1 aliphatic heterocycles. The third-order valence-corrected chi connectivity index (χ3v) is 5.15. The van der Waals surface area contributed by atoms with Crippen molar-refractivity contribution in [2.24, 2.45) is 0 Å². The lowest BCUT2D eigenvalue weighted by Crippen LogP contribution is -2.34. The summed E-state index contributed by atoms with van der Waals surface area (Å²) in [5.74, 6) is -0.0325. The smallest absolute Gasteiger partial charge is 0.273 e. The van der Waals surface area contributed by atoms with Crippen LogP contribution in [0.1, 0.15) is 12.8 Å². The van der Waals surface area contributed by atoms with Crippen molar-refractivity contribution in [2.45, 2.75) is 25.9 Å². The van der Waals surface area contributed by atoms with Crippen molar-refractivity contribution in [3.8, 4) is 0 Å². The van der Waals surface area contributed by atoms with Crippen molar-refractivity contribution < 1.29 is 4.79 Å². The van der Waals surface area contributed by atoms with Crippen molar-refractivity contribution in [1.29, 1.82) is 0 Å². The number of rotatable bonds is 4. The van der Waals surface area contributed by atoms with Gasteiger partial charge >= 0.3 is 0 Å².